The van der Waals surface area contributed by atoms with Crippen LogP contribution in [0.5, 0.6) is 0 Å². The molecular weight excluding hydrogens is 242 g/mol. The van der Waals surface area contributed by atoms with E-state index < -0.39 is 0 Å². The molecule has 1 aliphatic heterocycles. The molecule has 1 spiro atoms. The highest BCUT2D eigenvalue weighted by Crippen LogP contribution is 2.41. The molecule has 1 unspecified atom stereocenters. The Hall–Kier alpha value is -0.380. The fraction of sp³-hybridized carbons (Fsp3) is 0.733. The molecule has 2 fully saturated rings. The second-order valence-electron chi connectivity index (χ2n) is 6.07. The summed E-state index contributed by atoms with van der Waals surface area (Å²) in [5.41, 5.74) is 1.50. The summed E-state index contributed by atoms with van der Waals surface area (Å²) < 4.78 is 6.54. The third-order valence-corrected chi connectivity index (χ3v) is 5.66. The Morgan fingerprint density at radius 1 is 1.39 bits per heavy atom. The van der Waals surface area contributed by atoms with Crippen LogP contribution in [0.15, 0.2) is 11.4 Å². The molecule has 1 aromatic heterocycles. The maximum absolute atomic E-state index is 6.54. The highest BCUT2D eigenvalue weighted by molar-refractivity contribution is 7.10. The predicted molar refractivity (Wildman–Crippen MR) is 76.1 cm³/mol. The van der Waals surface area contributed by atoms with E-state index in [2.05, 4.69) is 30.6 Å². The van der Waals surface area contributed by atoms with Crippen molar-refractivity contribution in [2.75, 3.05) is 13.1 Å². The second kappa shape index (κ2) is 4.95. The normalized spacial score (nSPS) is 37.0. The molecule has 1 atom stereocenters. The first kappa shape index (κ1) is 12.6. The average Bonchev–Trinajstić information content (AvgIpc) is 2.80. The molecular formula is C15H23NOS. The lowest BCUT2D eigenvalue weighted by molar-refractivity contribution is -0.139. The van der Waals surface area contributed by atoms with Gasteiger partial charge in [0.25, 0.3) is 0 Å². The zero-order valence-electron chi connectivity index (χ0n) is 11.4. The summed E-state index contributed by atoms with van der Waals surface area (Å²) >= 11 is 1.84. The van der Waals surface area contributed by atoms with E-state index in [1.165, 1.54) is 36.1 Å². The van der Waals surface area contributed by atoms with Crippen LogP contribution in [0.25, 0.3) is 0 Å². The maximum atomic E-state index is 6.54. The predicted octanol–water partition coefficient (Wildman–Crippen LogP) is 3.67. The van der Waals surface area contributed by atoms with Gasteiger partial charge in [0.2, 0.25) is 0 Å². The number of hydrogen-bond acceptors (Lipinski definition) is 3. The van der Waals surface area contributed by atoms with E-state index in [-0.39, 0.29) is 11.7 Å². The van der Waals surface area contributed by atoms with Crippen molar-refractivity contribution in [1.29, 1.82) is 0 Å². The lowest BCUT2D eigenvalue weighted by Gasteiger charge is -2.45. The first-order valence-corrected chi connectivity index (χ1v) is 7.99. The van der Waals surface area contributed by atoms with Crippen molar-refractivity contribution in [3.63, 3.8) is 0 Å². The second-order valence-corrected chi connectivity index (χ2v) is 7.02. The van der Waals surface area contributed by atoms with E-state index in [0.29, 0.717) is 0 Å². The average molecular weight is 265 g/mol. The van der Waals surface area contributed by atoms with Gasteiger partial charge >= 0.3 is 0 Å². The molecule has 0 aromatic carbocycles. The Morgan fingerprint density at radius 2 is 2.17 bits per heavy atom. The Kier molecular flexibility index (Phi) is 3.48. The van der Waals surface area contributed by atoms with E-state index in [1.54, 1.807) is 0 Å². The van der Waals surface area contributed by atoms with Crippen LogP contribution in [0.3, 0.4) is 0 Å². The fourth-order valence-corrected chi connectivity index (χ4v) is 4.22. The van der Waals surface area contributed by atoms with Gasteiger partial charge in [0, 0.05) is 18.0 Å². The molecule has 0 amide bonds. The van der Waals surface area contributed by atoms with Crippen LogP contribution in [0, 0.1) is 12.8 Å². The summed E-state index contributed by atoms with van der Waals surface area (Å²) in [6.45, 7) is 6.57. The first-order valence-electron chi connectivity index (χ1n) is 7.11. The Labute approximate surface area is 114 Å². The van der Waals surface area contributed by atoms with Crippen molar-refractivity contribution in [3.8, 4) is 0 Å². The molecule has 100 valence electrons. The van der Waals surface area contributed by atoms with Crippen LogP contribution in [-0.2, 0) is 4.74 Å². The third-order valence-electron chi connectivity index (χ3n) is 4.55. The molecule has 0 bridgehead atoms. The molecule has 1 aromatic rings. The minimum Gasteiger partial charge on any atom is -0.364 e. The van der Waals surface area contributed by atoms with Crippen molar-refractivity contribution in [2.45, 2.75) is 51.2 Å². The van der Waals surface area contributed by atoms with Gasteiger partial charge in [-0.1, -0.05) is 6.92 Å². The van der Waals surface area contributed by atoms with Gasteiger partial charge in [0.1, 0.15) is 6.10 Å². The van der Waals surface area contributed by atoms with Gasteiger partial charge in [0.05, 0.1) is 5.60 Å². The van der Waals surface area contributed by atoms with Crippen LogP contribution >= 0.6 is 11.3 Å². The highest BCUT2D eigenvalue weighted by atomic mass is 32.1. The zero-order chi connectivity index (χ0) is 12.6. The number of aryl methyl sites for hydroxylation is 1. The van der Waals surface area contributed by atoms with Crippen molar-refractivity contribution in [3.05, 3.63) is 21.9 Å². The minimum atomic E-state index is 0.117. The minimum absolute atomic E-state index is 0.117. The molecule has 2 aliphatic rings. The van der Waals surface area contributed by atoms with Crippen molar-refractivity contribution < 1.29 is 4.74 Å². The summed E-state index contributed by atoms with van der Waals surface area (Å²) in [7, 11) is 0. The van der Waals surface area contributed by atoms with Gasteiger partial charge < -0.3 is 10.1 Å². The molecule has 1 N–H and O–H groups in total. The summed E-state index contributed by atoms with van der Waals surface area (Å²) in [5, 5.41) is 5.79. The summed E-state index contributed by atoms with van der Waals surface area (Å²) in [6, 6.07) is 2.20. The molecule has 0 radical (unpaired) electrons. The number of rotatable bonds is 1. The molecule has 18 heavy (non-hydrogen) atoms. The molecule has 1 aliphatic carbocycles. The molecule has 1 saturated carbocycles. The van der Waals surface area contributed by atoms with Crippen molar-refractivity contribution in [1.82, 2.24) is 5.32 Å². The van der Waals surface area contributed by atoms with Gasteiger partial charge in [0.15, 0.2) is 0 Å². The summed E-state index contributed by atoms with van der Waals surface area (Å²) in [6.07, 6.45) is 5.35. The van der Waals surface area contributed by atoms with E-state index in [4.69, 9.17) is 4.74 Å². The standard InChI is InChI=1S/C15H23NOS/c1-11-3-6-15(7-4-11)10-16-9-13(17-15)14-12(2)5-8-18-14/h5,8,11,13,16H,3-4,6-7,9-10H2,1-2H3. The summed E-state index contributed by atoms with van der Waals surface area (Å²) in [5.74, 6) is 0.878. The van der Waals surface area contributed by atoms with Gasteiger partial charge in [-0.05, 0) is 55.5 Å². The number of thiophene rings is 1. The molecule has 3 heteroatoms. The molecule has 1 saturated heterocycles. The Bertz CT molecular complexity index is 406. The number of hydrogen-bond donors (Lipinski definition) is 1. The highest BCUT2D eigenvalue weighted by Gasteiger charge is 2.40. The number of nitrogens with one attached hydrogen (secondary N) is 1. The van der Waals surface area contributed by atoms with Gasteiger partial charge in [-0.25, -0.2) is 0 Å². The summed E-state index contributed by atoms with van der Waals surface area (Å²) in [4.78, 5) is 1.42. The largest absolute Gasteiger partial charge is 0.364 e. The zero-order valence-corrected chi connectivity index (χ0v) is 12.2. The van der Waals surface area contributed by atoms with Gasteiger partial charge in [-0.15, -0.1) is 11.3 Å². The lowest BCUT2D eigenvalue weighted by atomic mass is 9.78. The maximum Gasteiger partial charge on any atom is 0.105 e. The number of morpholine rings is 1. The van der Waals surface area contributed by atoms with Crippen LogP contribution in [0.2, 0.25) is 0 Å². The van der Waals surface area contributed by atoms with Crippen LogP contribution in [0.4, 0.5) is 0 Å². The van der Waals surface area contributed by atoms with Crippen LogP contribution in [0.1, 0.15) is 49.2 Å². The fourth-order valence-electron chi connectivity index (χ4n) is 3.26. The lowest BCUT2D eigenvalue weighted by Crippen LogP contribution is -2.52. The van der Waals surface area contributed by atoms with Crippen LogP contribution in [-0.4, -0.2) is 18.7 Å². The molecule has 2 nitrogen and oxygen atoms in total. The van der Waals surface area contributed by atoms with E-state index in [0.717, 1.165) is 19.0 Å². The van der Waals surface area contributed by atoms with Crippen molar-refractivity contribution in [2.24, 2.45) is 5.92 Å². The van der Waals surface area contributed by atoms with Crippen LogP contribution < -0.4 is 5.32 Å². The SMILES string of the molecule is Cc1ccsc1C1CNCC2(CCC(C)CC2)O1. The van der Waals surface area contributed by atoms with Crippen molar-refractivity contribution >= 4 is 11.3 Å². The Morgan fingerprint density at radius 3 is 2.83 bits per heavy atom. The quantitative estimate of drug-likeness (QED) is 0.836. The van der Waals surface area contributed by atoms with E-state index in [1.807, 2.05) is 11.3 Å². The third kappa shape index (κ3) is 2.36. The monoisotopic (exact) mass is 265 g/mol. The van der Waals surface area contributed by atoms with E-state index in [9.17, 15) is 0 Å². The Balaban J connectivity index is 1.74. The number of ether oxygens (including phenoxy) is 1. The smallest absolute Gasteiger partial charge is 0.105 e. The first-order chi connectivity index (χ1) is 8.69. The van der Waals surface area contributed by atoms with Gasteiger partial charge in [-0.2, -0.15) is 0 Å². The van der Waals surface area contributed by atoms with E-state index >= 15 is 0 Å². The van der Waals surface area contributed by atoms with Gasteiger partial charge in [-0.3, -0.25) is 0 Å². The molecule has 2 heterocycles. The molecule has 3 rings (SSSR count). The topological polar surface area (TPSA) is 21.3 Å².